The van der Waals surface area contributed by atoms with Crippen LogP contribution in [-0.4, -0.2) is 9.59 Å². The molecule has 0 unspecified atom stereocenters. The number of rotatable bonds is 0. The third-order valence-corrected chi connectivity index (χ3v) is 3.09. The van der Waals surface area contributed by atoms with E-state index in [0.717, 1.165) is 5.52 Å². The Morgan fingerprint density at radius 1 is 1.17 bits per heavy atom. The lowest BCUT2D eigenvalue weighted by atomic mass is 10.1. The summed E-state index contributed by atoms with van der Waals surface area (Å²) in [6.07, 6.45) is 0. The Morgan fingerprint density at radius 3 is 2.67 bits per heavy atom. The summed E-state index contributed by atoms with van der Waals surface area (Å²) < 4.78 is 5.18. The van der Waals surface area contributed by atoms with E-state index < -0.39 is 0 Å². The molecule has 0 aliphatic rings. The molecule has 0 fully saturated rings. The minimum absolute atomic E-state index is 1.07. The highest BCUT2D eigenvalue weighted by Gasteiger charge is 2.06. The van der Waals surface area contributed by atoms with Crippen LogP contribution in [0.5, 0.6) is 0 Å². The second-order valence-corrected chi connectivity index (χ2v) is 3.84. The molecule has 0 bridgehead atoms. The van der Waals surface area contributed by atoms with Gasteiger partial charge in [-0.15, -0.1) is 5.10 Å². The third kappa shape index (κ3) is 0.932. The van der Waals surface area contributed by atoms with Gasteiger partial charge in [-0.05, 0) is 49.0 Å². The van der Waals surface area contributed by atoms with E-state index in [9.17, 15) is 0 Å². The SMILES string of the molecule is Cc1cc(C)c2snnc2c1C. The van der Waals surface area contributed by atoms with E-state index in [1.54, 1.807) is 0 Å². The van der Waals surface area contributed by atoms with Crippen molar-refractivity contribution in [3.8, 4) is 0 Å². The van der Waals surface area contributed by atoms with E-state index in [2.05, 4.69) is 36.4 Å². The number of aromatic nitrogens is 2. The van der Waals surface area contributed by atoms with E-state index in [1.807, 2.05) is 0 Å². The topological polar surface area (TPSA) is 25.8 Å². The number of benzene rings is 1. The van der Waals surface area contributed by atoms with Crippen molar-refractivity contribution in [2.45, 2.75) is 20.8 Å². The lowest BCUT2D eigenvalue weighted by Crippen LogP contribution is -1.85. The summed E-state index contributed by atoms with van der Waals surface area (Å²) in [5.74, 6) is 0. The molecule has 0 saturated heterocycles. The van der Waals surface area contributed by atoms with Gasteiger partial charge in [0.25, 0.3) is 0 Å². The molecule has 3 heteroatoms. The largest absolute Gasteiger partial charge is 0.138 e. The second kappa shape index (κ2) is 2.52. The van der Waals surface area contributed by atoms with Crippen LogP contribution in [0, 0.1) is 20.8 Å². The van der Waals surface area contributed by atoms with Gasteiger partial charge in [-0.25, -0.2) is 0 Å². The Bertz CT molecular complexity index is 431. The fourth-order valence-electron chi connectivity index (χ4n) is 1.38. The molecule has 0 N–H and O–H groups in total. The van der Waals surface area contributed by atoms with Crippen molar-refractivity contribution in [2.24, 2.45) is 0 Å². The number of hydrogen-bond donors (Lipinski definition) is 0. The summed E-state index contributed by atoms with van der Waals surface area (Å²) in [5, 5.41) is 4.11. The van der Waals surface area contributed by atoms with Gasteiger partial charge in [-0.1, -0.05) is 10.6 Å². The Kier molecular flexibility index (Phi) is 1.61. The maximum atomic E-state index is 4.11. The van der Waals surface area contributed by atoms with Gasteiger partial charge in [0, 0.05) is 0 Å². The molecule has 12 heavy (non-hydrogen) atoms. The van der Waals surface area contributed by atoms with Crippen molar-refractivity contribution in [2.75, 3.05) is 0 Å². The van der Waals surface area contributed by atoms with Crippen LogP contribution in [0.25, 0.3) is 10.2 Å². The zero-order valence-corrected chi connectivity index (χ0v) is 8.20. The Labute approximate surface area is 75.4 Å². The van der Waals surface area contributed by atoms with E-state index in [-0.39, 0.29) is 0 Å². The molecule has 1 heterocycles. The van der Waals surface area contributed by atoms with Crippen LogP contribution >= 0.6 is 11.5 Å². The van der Waals surface area contributed by atoms with Gasteiger partial charge in [0.1, 0.15) is 5.52 Å². The zero-order chi connectivity index (χ0) is 8.72. The molecule has 2 rings (SSSR count). The van der Waals surface area contributed by atoms with Crippen LogP contribution < -0.4 is 0 Å². The highest BCUT2D eigenvalue weighted by atomic mass is 32.1. The fraction of sp³-hybridized carbons (Fsp3) is 0.333. The first kappa shape index (κ1) is 7.68. The lowest BCUT2D eigenvalue weighted by Gasteiger charge is -2.01. The number of hydrogen-bond acceptors (Lipinski definition) is 3. The molecule has 0 amide bonds. The molecule has 2 nitrogen and oxygen atoms in total. The monoisotopic (exact) mass is 178 g/mol. The normalized spacial score (nSPS) is 10.9. The predicted octanol–water partition coefficient (Wildman–Crippen LogP) is 2.62. The minimum atomic E-state index is 1.07. The molecule has 0 saturated carbocycles. The molecule has 2 aromatic rings. The molecular formula is C9H10N2S. The Hall–Kier alpha value is -0.960. The number of fused-ring (bicyclic) bond motifs is 1. The fourth-order valence-corrected chi connectivity index (χ4v) is 2.07. The van der Waals surface area contributed by atoms with Crippen molar-refractivity contribution in [1.82, 2.24) is 9.59 Å². The molecule has 0 atom stereocenters. The minimum Gasteiger partial charge on any atom is -0.138 e. The maximum absolute atomic E-state index is 4.11. The molecule has 0 radical (unpaired) electrons. The van der Waals surface area contributed by atoms with Gasteiger partial charge >= 0.3 is 0 Å². The van der Waals surface area contributed by atoms with Crippen LogP contribution in [0.1, 0.15) is 16.7 Å². The average Bonchev–Trinajstić information content (AvgIpc) is 2.48. The van der Waals surface area contributed by atoms with Gasteiger partial charge < -0.3 is 0 Å². The summed E-state index contributed by atoms with van der Waals surface area (Å²) in [7, 11) is 0. The van der Waals surface area contributed by atoms with E-state index >= 15 is 0 Å². The molecular weight excluding hydrogens is 168 g/mol. The molecule has 1 aromatic carbocycles. The molecule has 62 valence electrons. The zero-order valence-electron chi connectivity index (χ0n) is 7.38. The van der Waals surface area contributed by atoms with Crippen molar-refractivity contribution in [3.63, 3.8) is 0 Å². The first-order chi connectivity index (χ1) is 5.70. The molecule has 0 aliphatic heterocycles. The summed E-state index contributed by atoms with van der Waals surface area (Å²) in [6, 6.07) is 2.19. The van der Waals surface area contributed by atoms with Crippen LogP contribution in [0.4, 0.5) is 0 Å². The van der Waals surface area contributed by atoms with Crippen LogP contribution in [-0.2, 0) is 0 Å². The Morgan fingerprint density at radius 2 is 1.92 bits per heavy atom. The molecule has 0 aliphatic carbocycles. The van der Waals surface area contributed by atoms with Gasteiger partial charge in [0.15, 0.2) is 0 Å². The number of aryl methyl sites for hydroxylation is 3. The lowest BCUT2D eigenvalue weighted by molar-refractivity contribution is 1.18. The maximum Gasteiger partial charge on any atom is 0.109 e. The summed E-state index contributed by atoms with van der Waals surface area (Å²) in [5.41, 5.74) is 4.90. The van der Waals surface area contributed by atoms with Crippen LogP contribution in [0.15, 0.2) is 6.07 Å². The first-order valence-corrected chi connectivity index (χ1v) is 4.66. The van der Waals surface area contributed by atoms with Crippen molar-refractivity contribution < 1.29 is 0 Å². The summed E-state index contributed by atoms with van der Waals surface area (Å²) in [6.45, 7) is 6.31. The van der Waals surface area contributed by atoms with Crippen molar-refractivity contribution in [1.29, 1.82) is 0 Å². The second-order valence-electron chi connectivity index (χ2n) is 3.09. The predicted molar refractivity (Wildman–Crippen MR) is 51.6 cm³/mol. The Balaban J connectivity index is 2.97. The first-order valence-electron chi connectivity index (χ1n) is 3.89. The van der Waals surface area contributed by atoms with Crippen LogP contribution in [0.3, 0.4) is 0 Å². The molecule has 0 spiro atoms. The van der Waals surface area contributed by atoms with Crippen LogP contribution in [0.2, 0.25) is 0 Å². The standard InChI is InChI=1S/C9H10N2S/c1-5-4-6(2)9-8(7(5)3)10-11-12-9/h4H,1-3H3. The smallest absolute Gasteiger partial charge is 0.109 e. The van der Waals surface area contributed by atoms with E-state index in [1.165, 1.54) is 32.9 Å². The van der Waals surface area contributed by atoms with E-state index in [0.29, 0.717) is 0 Å². The molecule has 1 aromatic heterocycles. The third-order valence-electron chi connectivity index (χ3n) is 2.23. The van der Waals surface area contributed by atoms with Gasteiger partial charge in [-0.3, -0.25) is 0 Å². The quantitative estimate of drug-likeness (QED) is 0.619. The average molecular weight is 178 g/mol. The van der Waals surface area contributed by atoms with Gasteiger partial charge in [0.05, 0.1) is 4.70 Å². The van der Waals surface area contributed by atoms with Crippen molar-refractivity contribution in [3.05, 3.63) is 22.8 Å². The highest BCUT2D eigenvalue weighted by molar-refractivity contribution is 7.13. The summed E-state index contributed by atoms with van der Waals surface area (Å²) in [4.78, 5) is 0. The highest BCUT2D eigenvalue weighted by Crippen LogP contribution is 2.25. The summed E-state index contributed by atoms with van der Waals surface area (Å²) >= 11 is 1.48. The van der Waals surface area contributed by atoms with Gasteiger partial charge in [0.2, 0.25) is 0 Å². The van der Waals surface area contributed by atoms with Gasteiger partial charge in [-0.2, -0.15) is 0 Å². The van der Waals surface area contributed by atoms with Crippen molar-refractivity contribution >= 4 is 21.7 Å². The number of nitrogens with zero attached hydrogens (tertiary/aromatic N) is 2. The van der Waals surface area contributed by atoms with E-state index in [4.69, 9.17) is 0 Å².